The van der Waals surface area contributed by atoms with Gasteiger partial charge >= 0.3 is 0 Å². The van der Waals surface area contributed by atoms with Gasteiger partial charge in [0.2, 0.25) is 6.79 Å². The molecule has 10 heteroatoms. The van der Waals surface area contributed by atoms with Gasteiger partial charge in [0.1, 0.15) is 30.2 Å². The molecule has 5 atom stereocenters. The van der Waals surface area contributed by atoms with Gasteiger partial charge in [0.25, 0.3) is 5.91 Å². The van der Waals surface area contributed by atoms with Gasteiger partial charge in [-0.15, -0.1) is 0 Å². The van der Waals surface area contributed by atoms with Gasteiger partial charge in [0.05, 0.1) is 17.9 Å². The number of aliphatic hydroxyl groups is 4. The lowest BCUT2D eigenvalue weighted by Gasteiger charge is -2.43. The summed E-state index contributed by atoms with van der Waals surface area (Å²) < 4.78 is 16.9. The maximum atomic E-state index is 13.5. The Labute approximate surface area is 180 Å². The van der Waals surface area contributed by atoms with E-state index in [1.165, 1.54) is 11.0 Å². The van der Waals surface area contributed by atoms with Gasteiger partial charge in [-0.3, -0.25) is 9.69 Å². The number of carbonyl (C=O) groups excluding carboxylic acids is 1. The van der Waals surface area contributed by atoms with E-state index in [4.69, 9.17) is 14.2 Å². The third kappa shape index (κ3) is 2.43. The van der Waals surface area contributed by atoms with E-state index in [-0.39, 0.29) is 18.1 Å². The summed E-state index contributed by atoms with van der Waals surface area (Å²) >= 11 is 0. The maximum absolute atomic E-state index is 13.5. The summed E-state index contributed by atoms with van der Waals surface area (Å²) in [6.07, 6.45) is -7.33. The van der Waals surface area contributed by atoms with Crippen LogP contribution < -0.4 is 14.4 Å². The van der Waals surface area contributed by atoms with E-state index in [0.29, 0.717) is 38.7 Å². The van der Waals surface area contributed by atoms with Crippen LogP contribution in [0.25, 0.3) is 21.5 Å². The summed E-state index contributed by atoms with van der Waals surface area (Å²) in [6.45, 7) is -0.623. The quantitative estimate of drug-likeness (QED) is 0.351. The van der Waals surface area contributed by atoms with Crippen LogP contribution in [0.15, 0.2) is 30.3 Å². The Kier molecular flexibility index (Phi) is 4.07. The predicted octanol–water partition coefficient (Wildman–Crippen LogP) is 0.187. The number of hydrogen-bond donors (Lipinski definition) is 5. The van der Waals surface area contributed by atoms with Crippen LogP contribution in [-0.2, 0) is 4.74 Å². The number of fused-ring (bicyclic) bond motifs is 4. The van der Waals surface area contributed by atoms with E-state index in [0.717, 1.165) is 0 Å². The lowest BCUT2D eigenvalue weighted by molar-refractivity contribution is -0.226. The Morgan fingerprint density at radius 3 is 2.59 bits per heavy atom. The van der Waals surface area contributed by atoms with Gasteiger partial charge in [-0.05, 0) is 35.0 Å². The second-order valence-electron chi connectivity index (χ2n) is 8.10. The van der Waals surface area contributed by atoms with Crippen LogP contribution in [0, 0.1) is 0 Å². The van der Waals surface area contributed by atoms with Crippen molar-refractivity contribution in [2.24, 2.45) is 0 Å². The van der Waals surface area contributed by atoms with Crippen LogP contribution in [0.3, 0.4) is 0 Å². The molecule has 10 nitrogen and oxygen atoms in total. The van der Waals surface area contributed by atoms with Crippen LogP contribution in [-0.4, -0.2) is 75.5 Å². The molecule has 0 aliphatic carbocycles. The minimum atomic E-state index is -1.63. The number of phenolic OH excluding ortho intramolecular Hbond substituents is 1. The highest BCUT2D eigenvalue weighted by Crippen LogP contribution is 2.52. The standard InChI is InChI=1S/C22H19NO9/c24-6-14-17(26)18(27)19(28)22(32-14)23-12-3-8-1-2-9(25)4-10(8)16-15(12)11(21(23)29)5-13-20(16)31-7-30-13/h1-5,14,17-19,22,24-28H,6-7H2/t14-,17-,18+,19-,22+/m1/s1. The molecule has 32 heavy (non-hydrogen) atoms. The largest absolute Gasteiger partial charge is 0.508 e. The molecule has 3 aliphatic rings. The highest BCUT2D eigenvalue weighted by molar-refractivity contribution is 6.31. The van der Waals surface area contributed by atoms with Gasteiger partial charge in [-0.25, -0.2) is 0 Å². The van der Waals surface area contributed by atoms with Gasteiger partial charge in [-0.2, -0.15) is 0 Å². The number of phenols is 1. The van der Waals surface area contributed by atoms with Crippen molar-refractivity contribution >= 4 is 33.1 Å². The smallest absolute Gasteiger partial charge is 0.261 e. The fraction of sp³-hybridized carbons (Fsp3) is 0.318. The third-order valence-electron chi connectivity index (χ3n) is 6.35. The third-order valence-corrected chi connectivity index (χ3v) is 6.35. The Hall–Kier alpha value is -3.15. The first-order chi connectivity index (χ1) is 15.4. The van der Waals surface area contributed by atoms with E-state index in [1.54, 1.807) is 24.3 Å². The molecule has 3 aliphatic heterocycles. The van der Waals surface area contributed by atoms with Gasteiger partial charge in [-0.1, -0.05) is 6.07 Å². The Balaban J connectivity index is 1.62. The van der Waals surface area contributed by atoms with Crippen molar-refractivity contribution in [3.63, 3.8) is 0 Å². The minimum Gasteiger partial charge on any atom is -0.508 e. The first-order valence-corrected chi connectivity index (χ1v) is 10.1. The zero-order chi connectivity index (χ0) is 22.3. The van der Waals surface area contributed by atoms with Crippen LogP contribution in [0.2, 0.25) is 0 Å². The number of amides is 1. The monoisotopic (exact) mass is 441 g/mol. The number of anilines is 1. The lowest BCUT2D eigenvalue weighted by atomic mass is 9.96. The summed E-state index contributed by atoms with van der Waals surface area (Å²) in [5.41, 5.74) is 0.683. The molecule has 0 bridgehead atoms. The first-order valence-electron chi connectivity index (χ1n) is 10.1. The molecule has 0 spiro atoms. The Morgan fingerprint density at radius 1 is 1.00 bits per heavy atom. The average molecular weight is 441 g/mol. The summed E-state index contributed by atoms with van der Waals surface area (Å²) in [5, 5.41) is 53.1. The Morgan fingerprint density at radius 2 is 1.81 bits per heavy atom. The second kappa shape index (κ2) is 6.67. The zero-order valence-corrected chi connectivity index (χ0v) is 16.5. The molecule has 3 aromatic carbocycles. The summed E-state index contributed by atoms with van der Waals surface area (Å²) in [5.74, 6) is 0.344. The van der Waals surface area contributed by atoms with Crippen LogP contribution in [0.1, 0.15) is 10.4 Å². The number of benzene rings is 3. The van der Waals surface area contributed by atoms with Gasteiger partial charge in [0.15, 0.2) is 17.7 Å². The zero-order valence-electron chi connectivity index (χ0n) is 16.5. The molecule has 3 heterocycles. The summed E-state index contributed by atoms with van der Waals surface area (Å²) in [6, 6.07) is 8.03. The number of ether oxygens (including phenoxy) is 3. The van der Waals surface area contributed by atoms with Crippen molar-refractivity contribution in [3.8, 4) is 17.2 Å². The molecule has 1 fully saturated rings. The molecule has 166 valence electrons. The van der Waals surface area contributed by atoms with Crippen molar-refractivity contribution in [1.29, 1.82) is 0 Å². The summed E-state index contributed by atoms with van der Waals surface area (Å²) in [7, 11) is 0. The Bertz CT molecular complexity index is 1290. The highest BCUT2D eigenvalue weighted by Gasteiger charge is 2.50. The predicted molar refractivity (Wildman–Crippen MR) is 110 cm³/mol. The number of aliphatic hydroxyl groups excluding tert-OH is 4. The molecular formula is C22H19NO9. The van der Waals surface area contributed by atoms with Crippen LogP contribution in [0.5, 0.6) is 17.2 Å². The van der Waals surface area contributed by atoms with Crippen molar-refractivity contribution in [2.75, 3.05) is 18.3 Å². The molecule has 1 amide bonds. The highest BCUT2D eigenvalue weighted by atomic mass is 16.7. The minimum absolute atomic E-state index is 0.0109. The molecular weight excluding hydrogens is 422 g/mol. The fourth-order valence-corrected chi connectivity index (χ4v) is 4.82. The lowest BCUT2D eigenvalue weighted by Crippen LogP contribution is -2.63. The van der Waals surface area contributed by atoms with Crippen molar-refractivity contribution in [2.45, 2.75) is 30.6 Å². The number of hydrogen-bond acceptors (Lipinski definition) is 9. The van der Waals surface area contributed by atoms with Crippen LogP contribution >= 0.6 is 0 Å². The first kappa shape index (κ1) is 19.5. The van der Waals surface area contributed by atoms with E-state index in [2.05, 4.69) is 0 Å². The number of nitrogens with zero attached hydrogens (tertiary/aromatic N) is 1. The number of carbonyl (C=O) groups is 1. The molecule has 5 N–H and O–H groups in total. The molecule has 3 aromatic rings. The SMILES string of the molecule is O=C1c2cc3c(c4c2c(cc2ccc(O)cc24)N1[C@H]1O[C@H](CO)[C@@H](O)[C@H](O)[C@H]1O)OCO3. The van der Waals surface area contributed by atoms with E-state index in [9.17, 15) is 30.3 Å². The van der Waals surface area contributed by atoms with Crippen LogP contribution in [0.4, 0.5) is 5.69 Å². The molecule has 6 rings (SSSR count). The van der Waals surface area contributed by atoms with E-state index < -0.39 is 43.2 Å². The molecule has 0 radical (unpaired) electrons. The van der Waals surface area contributed by atoms with Crippen molar-refractivity contribution in [1.82, 2.24) is 0 Å². The topological polar surface area (TPSA) is 149 Å². The molecule has 1 saturated heterocycles. The normalized spacial score (nSPS) is 28.8. The maximum Gasteiger partial charge on any atom is 0.261 e. The number of aromatic hydroxyl groups is 1. The molecule has 0 aromatic heterocycles. The van der Waals surface area contributed by atoms with Crippen molar-refractivity contribution < 1.29 is 44.5 Å². The second-order valence-corrected chi connectivity index (χ2v) is 8.10. The summed E-state index contributed by atoms with van der Waals surface area (Å²) in [4.78, 5) is 14.7. The fourth-order valence-electron chi connectivity index (χ4n) is 4.82. The van der Waals surface area contributed by atoms with Gasteiger partial charge < -0.3 is 39.7 Å². The van der Waals surface area contributed by atoms with Crippen molar-refractivity contribution in [3.05, 3.63) is 35.9 Å². The molecule has 0 unspecified atom stereocenters. The number of rotatable bonds is 2. The average Bonchev–Trinajstić information content (AvgIpc) is 3.36. The van der Waals surface area contributed by atoms with Gasteiger partial charge in [0, 0.05) is 10.8 Å². The van der Waals surface area contributed by atoms with E-state index >= 15 is 0 Å². The molecule has 0 saturated carbocycles. The van der Waals surface area contributed by atoms with E-state index in [1.807, 2.05) is 0 Å².